The van der Waals surface area contributed by atoms with E-state index in [-0.39, 0.29) is 0 Å². The lowest BCUT2D eigenvalue weighted by molar-refractivity contribution is 0.974. The number of aryl methyl sites for hydroxylation is 1. The van der Waals surface area contributed by atoms with E-state index in [9.17, 15) is 0 Å². The molecule has 1 aromatic carbocycles. The zero-order valence-corrected chi connectivity index (χ0v) is 10.6. The van der Waals surface area contributed by atoms with Gasteiger partial charge in [0, 0.05) is 12.2 Å². The van der Waals surface area contributed by atoms with Crippen molar-refractivity contribution in [3.63, 3.8) is 0 Å². The van der Waals surface area contributed by atoms with Crippen molar-refractivity contribution < 1.29 is 0 Å². The minimum atomic E-state index is 0.554. The van der Waals surface area contributed by atoms with Crippen molar-refractivity contribution in [3.05, 3.63) is 42.2 Å². The molecular weight excluding hydrogens is 226 g/mol. The first-order valence-corrected chi connectivity index (χ1v) is 5.87. The van der Waals surface area contributed by atoms with Gasteiger partial charge in [-0.25, -0.2) is 10.8 Å². The van der Waals surface area contributed by atoms with E-state index >= 15 is 0 Å². The Labute approximate surface area is 107 Å². The monoisotopic (exact) mass is 243 g/mol. The molecule has 1 aromatic heterocycles. The minimum absolute atomic E-state index is 0.554. The molecular formula is C13H17N5. The van der Waals surface area contributed by atoms with Crippen LogP contribution in [0.25, 0.3) is 0 Å². The molecule has 2 aromatic rings. The Bertz CT molecular complexity index is 509. The van der Waals surface area contributed by atoms with Crippen molar-refractivity contribution in [1.82, 2.24) is 9.97 Å². The molecule has 0 unspecified atom stereocenters. The third kappa shape index (κ3) is 2.57. The van der Waals surface area contributed by atoms with Crippen molar-refractivity contribution in [2.45, 2.75) is 13.8 Å². The number of nitrogens with two attached hydrogens (primary N) is 1. The molecule has 94 valence electrons. The molecule has 0 fully saturated rings. The Morgan fingerprint density at radius 1 is 1.22 bits per heavy atom. The fourth-order valence-corrected chi connectivity index (χ4v) is 1.76. The van der Waals surface area contributed by atoms with E-state index in [1.54, 1.807) is 12.4 Å². The van der Waals surface area contributed by atoms with Crippen LogP contribution in [-0.2, 0) is 0 Å². The van der Waals surface area contributed by atoms with E-state index in [1.807, 2.05) is 0 Å². The second-order valence-electron chi connectivity index (χ2n) is 3.99. The normalized spacial score (nSPS) is 10.2. The summed E-state index contributed by atoms with van der Waals surface area (Å²) in [5.41, 5.74) is 4.83. The van der Waals surface area contributed by atoms with Gasteiger partial charge in [0.1, 0.15) is 0 Å². The van der Waals surface area contributed by atoms with Gasteiger partial charge in [0.15, 0.2) is 11.6 Å². The van der Waals surface area contributed by atoms with Crippen LogP contribution in [0.2, 0.25) is 0 Å². The first-order valence-electron chi connectivity index (χ1n) is 5.87. The number of rotatable bonds is 4. The molecule has 5 nitrogen and oxygen atoms in total. The van der Waals surface area contributed by atoms with Crippen LogP contribution in [0, 0.1) is 6.92 Å². The first-order chi connectivity index (χ1) is 8.74. The first kappa shape index (κ1) is 12.3. The van der Waals surface area contributed by atoms with Crippen LogP contribution < -0.4 is 16.2 Å². The molecule has 0 saturated heterocycles. The summed E-state index contributed by atoms with van der Waals surface area (Å²) in [5.74, 6) is 6.68. The SMILES string of the molecule is CCN(c1ccc(C)cc1)c1cncc(NN)n1. The van der Waals surface area contributed by atoms with Gasteiger partial charge in [-0.2, -0.15) is 0 Å². The molecule has 0 spiro atoms. The van der Waals surface area contributed by atoms with Gasteiger partial charge in [0.25, 0.3) is 0 Å². The van der Waals surface area contributed by atoms with Crippen LogP contribution in [0.15, 0.2) is 36.7 Å². The average molecular weight is 243 g/mol. The van der Waals surface area contributed by atoms with Gasteiger partial charge < -0.3 is 10.3 Å². The van der Waals surface area contributed by atoms with E-state index in [1.165, 1.54) is 5.56 Å². The van der Waals surface area contributed by atoms with Gasteiger partial charge in [-0.3, -0.25) is 4.98 Å². The fourth-order valence-electron chi connectivity index (χ4n) is 1.76. The molecule has 0 amide bonds. The molecule has 3 N–H and O–H groups in total. The average Bonchev–Trinajstić information content (AvgIpc) is 2.42. The second kappa shape index (κ2) is 5.46. The van der Waals surface area contributed by atoms with Crippen molar-refractivity contribution in [2.75, 3.05) is 16.9 Å². The summed E-state index contributed by atoms with van der Waals surface area (Å²) in [7, 11) is 0. The molecule has 0 aliphatic heterocycles. The largest absolute Gasteiger partial charge is 0.325 e. The van der Waals surface area contributed by atoms with E-state index < -0.39 is 0 Å². The number of nitrogen functional groups attached to an aromatic ring is 1. The number of benzene rings is 1. The number of hydrogen-bond donors (Lipinski definition) is 2. The van der Waals surface area contributed by atoms with Crippen LogP contribution in [-0.4, -0.2) is 16.5 Å². The highest BCUT2D eigenvalue weighted by molar-refractivity contribution is 5.60. The molecule has 0 radical (unpaired) electrons. The summed E-state index contributed by atoms with van der Waals surface area (Å²) < 4.78 is 0. The standard InChI is InChI=1S/C13H17N5/c1-3-18(11-6-4-10(2)5-7-11)13-9-15-8-12(16-13)17-14/h4-9H,3,14H2,1-2H3,(H,16,17). The molecule has 0 saturated carbocycles. The highest BCUT2D eigenvalue weighted by Gasteiger charge is 2.09. The van der Waals surface area contributed by atoms with Crippen LogP contribution in [0.3, 0.4) is 0 Å². The Morgan fingerprint density at radius 2 is 1.94 bits per heavy atom. The summed E-state index contributed by atoms with van der Waals surface area (Å²) in [4.78, 5) is 10.6. The zero-order valence-electron chi connectivity index (χ0n) is 10.6. The lowest BCUT2D eigenvalue weighted by Crippen LogP contribution is -2.19. The van der Waals surface area contributed by atoms with Crippen LogP contribution in [0.4, 0.5) is 17.3 Å². The van der Waals surface area contributed by atoms with E-state index in [0.717, 1.165) is 18.1 Å². The predicted octanol–water partition coefficient (Wildman–Crippen LogP) is 2.23. The van der Waals surface area contributed by atoms with Gasteiger partial charge in [-0.1, -0.05) is 17.7 Å². The van der Waals surface area contributed by atoms with Crippen molar-refractivity contribution >= 4 is 17.3 Å². The van der Waals surface area contributed by atoms with Gasteiger partial charge in [0.2, 0.25) is 0 Å². The number of hydrazine groups is 1. The third-order valence-corrected chi connectivity index (χ3v) is 2.71. The third-order valence-electron chi connectivity index (χ3n) is 2.71. The van der Waals surface area contributed by atoms with Crippen LogP contribution >= 0.6 is 0 Å². The maximum atomic E-state index is 5.35. The minimum Gasteiger partial charge on any atom is -0.325 e. The maximum Gasteiger partial charge on any atom is 0.160 e. The number of anilines is 3. The topological polar surface area (TPSA) is 67.1 Å². The highest BCUT2D eigenvalue weighted by Crippen LogP contribution is 2.23. The number of nitrogens with one attached hydrogen (secondary N) is 1. The summed E-state index contributed by atoms with van der Waals surface area (Å²) in [5, 5.41) is 0. The second-order valence-corrected chi connectivity index (χ2v) is 3.99. The number of nitrogens with zero attached hydrogens (tertiary/aromatic N) is 3. The van der Waals surface area contributed by atoms with Gasteiger partial charge in [-0.15, -0.1) is 0 Å². The molecule has 0 atom stereocenters. The Morgan fingerprint density at radius 3 is 2.56 bits per heavy atom. The lowest BCUT2D eigenvalue weighted by atomic mass is 10.2. The zero-order chi connectivity index (χ0) is 13.0. The summed E-state index contributed by atoms with van der Waals surface area (Å²) >= 11 is 0. The van der Waals surface area contributed by atoms with Crippen molar-refractivity contribution in [2.24, 2.45) is 5.84 Å². The van der Waals surface area contributed by atoms with Crippen LogP contribution in [0.1, 0.15) is 12.5 Å². The summed E-state index contributed by atoms with van der Waals surface area (Å²) in [6, 6.07) is 8.30. The Hall–Kier alpha value is -2.14. The van der Waals surface area contributed by atoms with E-state index in [0.29, 0.717) is 5.82 Å². The molecule has 1 heterocycles. The molecule has 2 rings (SSSR count). The summed E-state index contributed by atoms with van der Waals surface area (Å²) in [6.07, 6.45) is 3.32. The van der Waals surface area contributed by atoms with E-state index in [2.05, 4.69) is 58.4 Å². The van der Waals surface area contributed by atoms with Gasteiger partial charge >= 0.3 is 0 Å². The van der Waals surface area contributed by atoms with Crippen molar-refractivity contribution in [1.29, 1.82) is 0 Å². The number of aromatic nitrogens is 2. The van der Waals surface area contributed by atoms with Crippen LogP contribution in [0.5, 0.6) is 0 Å². The maximum absolute atomic E-state index is 5.35. The Kier molecular flexibility index (Phi) is 3.74. The predicted molar refractivity (Wildman–Crippen MR) is 73.7 cm³/mol. The highest BCUT2D eigenvalue weighted by atomic mass is 15.3. The molecule has 18 heavy (non-hydrogen) atoms. The lowest BCUT2D eigenvalue weighted by Gasteiger charge is -2.22. The van der Waals surface area contributed by atoms with Gasteiger partial charge in [-0.05, 0) is 26.0 Å². The molecule has 0 aliphatic carbocycles. The van der Waals surface area contributed by atoms with Crippen molar-refractivity contribution in [3.8, 4) is 0 Å². The fraction of sp³-hybridized carbons (Fsp3) is 0.231. The Balaban J connectivity index is 2.35. The molecule has 0 aliphatic rings. The molecule has 0 bridgehead atoms. The van der Waals surface area contributed by atoms with Gasteiger partial charge in [0.05, 0.1) is 12.4 Å². The van der Waals surface area contributed by atoms with E-state index in [4.69, 9.17) is 5.84 Å². The summed E-state index contributed by atoms with van der Waals surface area (Å²) in [6.45, 7) is 4.95. The number of hydrogen-bond acceptors (Lipinski definition) is 5. The quantitative estimate of drug-likeness (QED) is 0.636. The molecule has 5 heteroatoms. The smallest absolute Gasteiger partial charge is 0.160 e.